The van der Waals surface area contributed by atoms with Crippen LogP contribution in [0, 0.1) is 5.92 Å². The fourth-order valence-corrected chi connectivity index (χ4v) is 4.73. The summed E-state index contributed by atoms with van der Waals surface area (Å²) in [6.07, 6.45) is 6.87. The maximum absolute atomic E-state index is 3.85. The van der Waals surface area contributed by atoms with Gasteiger partial charge in [0, 0.05) is 50.3 Å². The van der Waals surface area contributed by atoms with E-state index >= 15 is 0 Å². The first kappa shape index (κ1) is 21.1. The molecule has 0 aromatic carbocycles. The minimum absolute atomic E-state index is 0.596. The highest BCUT2D eigenvalue weighted by atomic mass is 15.2. The molecule has 4 nitrogen and oxygen atoms in total. The quantitative estimate of drug-likeness (QED) is 0.633. The molecule has 0 radical (unpaired) electrons. The molecule has 2 heterocycles. The average Bonchev–Trinajstić information content (AvgIpc) is 3.03. The van der Waals surface area contributed by atoms with E-state index in [1.807, 2.05) is 0 Å². The monoisotopic (exact) mass is 352 g/mol. The van der Waals surface area contributed by atoms with Crippen LogP contribution in [-0.4, -0.2) is 73.2 Å². The van der Waals surface area contributed by atoms with Crippen LogP contribution in [0.4, 0.5) is 0 Å². The van der Waals surface area contributed by atoms with Crippen molar-refractivity contribution in [3.05, 3.63) is 0 Å². The Kier molecular flexibility index (Phi) is 9.18. The Balaban J connectivity index is 1.68. The Hall–Kier alpha value is -0.160. The van der Waals surface area contributed by atoms with Crippen molar-refractivity contribution >= 4 is 0 Å². The molecule has 2 rings (SSSR count). The van der Waals surface area contributed by atoms with Crippen LogP contribution in [-0.2, 0) is 0 Å². The summed E-state index contributed by atoms with van der Waals surface area (Å²) in [5.74, 6) is 0.864. The van der Waals surface area contributed by atoms with Crippen molar-refractivity contribution in [2.24, 2.45) is 5.92 Å². The maximum Gasteiger partial charge on any atom is 0.0221 e. The molecule has 0 amide bonds. The molecule has 0 aromatic heterocycles. The molecule has 4 heteroatoms. The lowest BCUT2D eigenvalue weighted by Crippen LogP contribution is -2.47. The van der Waals surface area contributed by atoms with E-state index in [4.69, 9.17) is 0 Å². The van der Waals surface area contributed by atoms with Crippen LogP contribution in [0.1, 0.15) is 66.7 Å². The molecular formula is C21H44N4. The predicted molar refractivity (Wildman–Crippen MR) is 109 cm³/mol. The second kappa shape index (κ2) is 10.9. The summed E-state index contributed by atoms with van der Waals surface area (Å²) in [4.78, 5) is 5.36. The third kappa shape index (κ3) is 7.16. The summed E-state index contributed by atoms with van der Waals surface area (Å²) in [6, 6.07) is 2.77. The van der Waals surface area contributed by atoms with Crippen LogP contribution >= 0.6 is 0 Å². The lowest BCUT2D eigenvalue weighted by molar-refractivity contribution is 0.108. The van der Waals surface area contributed by atoms with E-state index in [1.54, 1.807) is 0 Å². The van der Waals surface area contributed by atoms with Crippen molar-refractivity contribution in [3.63, 3.8) is 0 Å². The number of rotatable bonds is 10. The van der Waals surface area contributed by atoms with Crippen LogP contribution in [0.25, 0.3) is 0 Å². The minimum atomic E-state index is 0.596. The SMILES string of the molecule is CCN1CCCC1CNC(C)CC1CCC(C)N(CCNC(C)C)C1. The first-order chi connectivity index (χ1) is 12.0. The normalized spacial score (nSPS) is 30.2. The molecule has 148 valence electrons. The van der Waals surface area contributed by atoms with Crippen LogP contribution in [0.5, 0.6) is 0 Å². The van der Waals surface area contributed by atoms with E-state index in [1.165, 1.54) is 64.8 Å². The molecule has 0 bridgehead atoms. The van der Waals surface area contributed by atoms with Crippen molar-refractivity contribution in [3.8, 4) is 0 Å². The van der Waals surface area contributed by atoms with Crippen LogP contribution in [0.15, 0.2) is 0 Å². The molecular weight excluding hydrogens is 308 g/mol. The molecule has 2 aliphatic rings. The van der Waals surface area contributed by atoms with Gasteiger partial charge < -0.3 is 10.6 Å². The van der Waals surface area contributed by atoms with Gasteiger partial charge in [0.15, 0.2) is 0 Å². The average molecular weight is 353 g/mol. The number of nitrogens with zero attached hydrogens (tertiary/aromatic N) is 2. The third-order valence-electron chi connectivity index (χ3n) is 6.35. The van der Waals surface area contributed by atoms with Gasteiger partial charge in [0.2, 0.25) is 0 Å². The summed E-state index contributed by atoms with van der Waals surface area (Å²) in [6.45, 7) is 18.9. The van der Waals surface area contributed by atoms with Gasteiger partial charge in [0.25, 0.3) is 0 Å². The fraction of sp³-hybridized carbons (Fsp3) is 1.00. The number of likely N-dealkylation sites (N-methyl/N-ethyl adjacent to an activating group) is 1. The highest BCUT2D eigenvalue weighted by molar-refractivity contribution is 4.84. The number of hydrogen-bond acceptors (Lipinski definition) is 4. The molecule has 2 N–H and O–H groups in total. The highest BCUT2D eigenvalue weighted by Gasteiger charge is 2.27. The van der Waals surface area contributed by atoms with Crippen molar-refractivity contribution in [2.75, 3.05) is 39.3 Å². The van der Waals surface area contributed by atoms with Crippen molar-refractivity contribution in [1.82, 2.24) is 20.4 Å². The Bertz CT molecular complexity index is 360. The van der Waals surface area contributed by atoms with Gasteiger partial charge in [-0.2, -0.15) is 0 Å². The molecule has 2 aliphatic heterocycles. The molecule has 2 saturated heterocycles. The Morgan fingerprint density at radius 1 is 1.04 bits per heavy atom. The van der Waals surface area contributed by atoms with E-state index in [0.29, 0.717) is 12.1 Å². The first-order valence-electron chi connectivity index (χ1n) is 10.9. The van der Waals surface area contributed by atoms with Gasteiger partial charge in [-0.1, -0.05) is 20.8 Å². The molecule has 4 unspecified atom stereocenters. The molecule has 0 aromatic rings. The Labute approximate surface area is 157 Å². The second-order valence-corrected chi connectivity index (χ2v) is 8.87. The van der Waals surface area contributed by atoms with Crippen molar-refractivity contribution in [1.29, 1.82) is 0 Å². The van der Waals surface area contributed by atoms with Crippen LogP contribution < -0.4 is 10.6 Å². The smallest absolute Gasteiger partial charge is 0.0221 e. The zero-order chi connectivity index (χ0) is 18.2. The largest absolute Gasteiger partial charge is 0.313 e. The summed E-state index contributed by atoms with van der Waals surface area (Å²) >= 11 is 0. The van der Waals surface area contributed by atoms with Gasteiger partial charge in [-0.25, -0.2) is 0 Å². The summed E-state index contributed by atoms with van der Waals surface area (Å²) in [5, 5.41) is 7.42. The van der Waals surface area contributed by atoms with Gasteiger partial charge >= 0.3 is 0 Å². The summed E-state index contributed by atoms with van der Waals surface area (Å²) in [7, 11) is 0. The molecule has 2 fully saturated rings. The lowest BCUT2D eigenvalue weighted by atomic mass is 9.88. The summed E-state index contributed by atoms with van der Waals surface area (Å²) < 4.78 is 0. The zero-order valence-electron chi connectivity index (χ0n) is 17.6. The van der Waals surface area contributed by atoms with Gasteiger partial charge in [0.05, 0.1) is 0 Å². The van der Waals surface area contributed by atoms with E-state index in [-0.39, 0.29) is 0 Å². The van der Waals surface area contributed by atoms with E-state index in [9.17, 15) is 0 Å². The standard InChI is InChI=1S/C21H44N4/c1-6-24-12-7-8-21(24)15-23-18(4)14-20-10-9-19(5)25(16-20)13-11-22-17(2)3/h17-23H,6-16H2,1-5H3. The van der Waals surface area contributed by atoms with Crippen LogP contribution in [0.2, 0.25) is 0 Å². The maximum atomic E-state index is 3.85. The molecule has 0 saturated carbocycles. The first-order valence-corrected chi connectivity index (χ1v) is 10.9. The van der Waals surface area contributed by atoms with Gasteiger partial charge in [-0.3, -0.25) is 9.80 Å². The van der Waals surface area contributed by atoms with E-state index in [2.05, 4.69) is 55.1 Å². The highest BCUT2D eigenvalue weighted by Crippen LogP contribution is 2.25. The Morgan fingerprint density at radius 2 is 1.84 bits per heavy atom. The van der Waals surface area contributed by atoms with Crippen molar-refractivity contribution < 1.29 is 0 Å². The Morgan fingerprint density at radius 3 is 2.56 bits per heavy atom. The third-order valence-corrected chi connectivity index (χ3v) is 6.35. The molecule has 0 spiro atoms. The predicted octanol–water partition coefficient (Wildman–Crippen LogP) is 2.94. The lowest BCUT2D eigenvalue weighted by Gasteiger charge is -2.39. The number of likely N-dealkylation sites (tertiary alicyclic amines) is 2. The number of piperidine rings is 1. The summed E-state index contributed by atoms with van der Waals surface area (Å²) in [5.41, 5.74) is 0. The molecule has 0 aliphatic carbocycles. The van der Waals surface area contributed by atoms with E-state index in [0.717, 1.165) is 24.5 Å². The van der Waals surface area contributed by atoms with Crippen molar-refractivity contribution in [2.45, 2.75) is 90.9 Å². The topological polar surface area (TPSA) is 30.5 Å². The fourth-order valence-electron chi connectivity index (χ4n) is 4.73. The molecule has 4 atom stereocenters. The number of nitrogens with one attached hydrogen (secondary N) is 2. The molecule has 25 heavy (non-hydrogen) atoms. The van der Waals surface area contributed by atoms with E-state index < -0.39 is 0 Å². The zero-order valence-corrected chi connectivity index (χ0v) is 17.6. The number of hydrogen-bond donors (Lipinski definition) is 2. The van der Waals surface area contributed by atoms with Gasteiger partial charge in [-0.05, 0) is 65.0 Å². The van der Waals surface area contributed by atoms with Gasteiger partial charge in [-0.15, -0.1) is 0 Å². The van der Waals surface area contributed by atoms with Gasteiger partial charge in [0.1, 0.15) is 0 Å². The minimum Gasteiger partial charge on any atom is -0.313 e. The second-order valence-electron chi connectivity index (χ2n) is 8.87. The van der Waals surface area contributed by atoms with Crippen LogP contribution in [0.3, 0.4) is 0 Å².